The van der Waals surface area contributed by atoms with Gasteiger partial charge in [-0.15, -0.1) is 0 Å². The molecule has 0 spiro atoms. The van der Waals surface area contributed by atoms with Crippen LogP contribution >= 0.6 is 0 Å². The first-order valence-electron chi connectivity index (χ1n) is 6.64. The topological polar surface area (TPSA) is 47.3 Å². The number of ether oxygens (including phenoxy) is 1. The second-order valence-corrected chi connectivity index (χ2v) is 5.17. The van der Waals surface area contributed by atoms with Gasteiger partial charge in [0.25, 0.3) is 0 Å². The molecule has 1 unspecified atom stereocenters. The van der Waals surface area contributed by atoms with Crippen molar-refractivity contribution in [3.63, 3.8) is 0 Å². The minimum absolute atomic E-state index is 0.306. The normalized spacial score (nSPS) is 25.8. The van der Waals surface area contributed by atoms with Crippen LogP contribution in [0.3, 0.4) is 0 Å². The van der Waals surface area contributed by atoms with Crippen LogP contribution in [-0.2, 0) is 17.7 Å². The Morgan fingerprint density at radius 2 is 2.18 bits per heavy atom. The lowest BCUT2D eigenvalue weighted by atomic mass is 9.96. The third-order valence-electron chi connectivity index (χ3n) is 3.98. The van der Waals surface area contributed by atoms with Gasteiger partial charge in [0.1, 0.15) is 5.82 Å². The Labute approximate surface area is 102 Å². The van der Waals surface area contributed by atoms with E-state index in [1.165, 1.54) is 0 Å². The summed E-state index contributed by atoms with van der Waals surface area (Å²) < 4.78 is 7.61. The summed E-state index contributed by atoms with van der Waals surface area (Å²) in [6.07, 6.45) is 6.82. The van der Waals surface area contributed by atoms with E-state index < -0.39 is 0 Å². The second kappa shape index (κ2) is 4.78. The van der Waals surface area contributed by atoms with Gasteiger partial charge in [-0.05, 0) is 31.6 Å². The van der Waals surface area contributed by atoms with E-state index in [4.69, 9.17) is 4.74 Å². The number of hydrogen-bond donors (Lipinski definition) is 1. The van der Waals surface area contributed by atoms with Gasteiger partial charge in [-0.25, -0.2) is 4.98 Å². The Morgan fingerprint density at radius 3 is 3.00 bits per heavy atom. The van der Waals surface area contributed by atoms with Crippen molar-refractivity contribution >= 4 is 0 Å². The molecule has 94 valence electrons. The Bertz CT molecular complexity index is 383. The highest BCUT2D eigenvalue weighted by molar-refractivity contribution is 5.11. The van der Waals surface area contributed by atoms with Crippen molar-refractivity contribution in [1.82, 2.24) is 9.55 Å². The molecule has 1 saturated heterocycles. The molecule has 1 N–H and O–H groups in total. The van der Waals surface area contributed by atoms with Crippen LogP contribution in [0.5, 0.6) is 0 Å². The maximum atomic E-state index is 9.90. The molecular weight excluding hydrogens is 216 g/mol. The lowest BCUT2D eigenvalue weighted by molar-refractivity contribution is 0.0654. The van der Waals surface area contributed by atoms with Crippen molar-refractivity contribution in [2.75, 3.05) is 13.2 Å². The summed E-state index contributed by atoms with van der Waals surface area (Å²) in [6.45, 7) is 2.80. The van der Waals surface area contributed by atoms with Gasteiger partial charge in [-0.3, -0.25) is 0 Å². The fourth-order valence-corrected chi connectivity index (χ4v) is 2.92. The first kappa shape index (κ1) is 11.2. The van der Waals surface area contributed by atoms with Gasteiger partial charge >= 0.3 is 0 Å². The van der Waals surface area contributed by atoms with Crippen molar-refractivity contribution in [1.29, 1.82) is 0 Å². The molecule has 1 fully saturated rings. The van der Waals surface area contributed by atoms with E-state index in [0.717, 1.165) is 63.4 Å². The van der Waals surface area contributed by atoms with Gasteiger partial charge in [-0.1, -0.05) is 0 Å². The van der Waals surface area contributed by atoms with Crippen molar-refractivity contribution in [3.05, 3.63) is 17.7 Å². The highest BCUT2D eigenvalue weighted by Crippen LogP contribution is 2.28. The fourth-order valence-electron chi connectivity index (χ4n) is 2.92. The summed E-state index contributed by atoms with van der Waals surface area (Å²) in [4.78, 5) is 4.50. The zero-order valence-electron chi connectivity index (χ0n) is 10.1. The number of aliphatic hydroxyl groups is 1. The maximum absolute atomic E-state index is 9.90. The Kier molecular flexibility index (Phi) is 3.16. The molecule has 4 nitrogen and oxygen atoms in total. The summed E-state index contributed by atoms with van der Waals surface area (Å²) in [5.41, 5.74) is 1.01. The molecule has 0 aliphatic carbocycles. The van der Waals surface area contributed by atoms with E-state index >= 15 is 0 Å². The molecule has 3 heterocycles. The minimum atomic E-state index is -0.306. The third-order valence-corrected chi connectivity index (χ3v) is 3.98. The van der Waals surface area contributed by atoms with Gasteiger partial charge in [0, 0.05) is 26.2 Å². The van der Waals surface area contributed by atoms with Crippen LogP contribution in [-0.4, -0.2) is 27.9 Å². The highest BCUT2D eigenvalue weighted by atomic mass is 16.5. The lowest BCUT2D eigenvalue weighted by Gasteiger charge is -2.24. The number of nitrogens with zero attached hydrogens (tertiary/aromatic N) is 2. The summed E-state index contributed by atoms with van der Waals surface area (Å²) in [6, 6.07) is 0. The highest BCUT2D eigenvalue weighted by Gasteiger charge is 2.23. The quantitative estimate of drug-likeness (QED) is 0.850. The van der Waals surface area contributed by atoms with Crippen molar-refractivity contribution in [2.24, 2.45) is 5.92 Å². The SMILES string of the molecule is OC1CCCn2c1cnc2CC1CCOCC1. The predicted molar refractivity (Wildman–Crippen MR) is 63.7 cm³/mol. The largest absolute Gasteiger partial charge is 0.387 e. The number of fused-ring (bicyclic) bond motifs is 1. The fraction of sp³-hybridized carbons (Fsp3) is 0.769. The van der Waals surface area contributed by atoms with Crippen LogP contribution < -0.4 is 0 Å². The Hall–Kier alpha value is -0.870. The zero-order valence-corrected chi connectivity index (χ0v) is 10.1. The van der Waals surface area contributed by atoms with Crippen LogP contribution in [0.15, 0.2) is 6.20 Å². The number of imidazole rings is 1. The van der Waals surface area contributed by atoms with Crippen molar-refractivity contribution in [3.8, 4) is 0 Å². The van der Waals surface area contributed by atoms with Gasteiger partial charge in [0.2, 0.25) is 0 Å². The number of hydrogen-bond acceptors (Lipinski definition) is 3. The van der Waals surface area contributed by atoms with Crippen LogP contribution in [0.1, 0.15) is 43.3 Å². The molecule has 0 amide bonds. The monoisotopic (exact) mass is 236 g/mol. The maximum Gasteiger partial charge on any atom is 0.109 e. The zero-order chi connectivity index (χ0) is 11.7. The molecule has 0 radical (unpaired) electrons. The van der Waals surface area contributed by atoms with E-state index in [-0.39, 0.29) is 6.10 Å². The third kappa shape index (κ3) is 2.24. The standard InChI is InChI=1S/C13H20N2O2/c16-12-2-1-5-15-11(12)9-14-13(15)8-10-3-6-17-7-4-10/h9-10,12,16H,1-8H2. The number of aromatic nitrogens is 2. The van der Waals surface area contributed by atoms with E-state index in [2.05, 4.69) is 9.55 Å². The average Bonchev–Trinajstić information content (AvgIpc) is 2.76. The second-order valence-electron chi connectivity index (χ2n) is 5.17. The molecule has 2 aliphatic heterocycles. The predicted octanol–water partition coefficient (Wildman–Crippen LogP) is 1.68. The molecule has 0 saturated carbocycles. The number of aliphatic hydroxyl groups excluding tert-OH is 1. The van der Waals surface area contributed by atoms with Crippen molar-refractivity contribution < 1.29 is 9.84 Å². The summed E-state index contributed by atoms with van der Waals surface area (Å²) in [5.74, 6) is 1.86. The van der Waals surface area contributed by atoms with Gasteiger partial charge in [0.15, 0.2) is 0 Å². The van der Waals surface area contributed by atoms with E-state index in [0.29, 0.717) is 5.92 Å². The van der Waals surface area contributed by atoms with Gasteiger partial charge < -0.3 is 14.4 Å². The van der Waals surface area contributed by atoms with Crippen LogP contribution in [0.2, 0.25) is 0 Å². The van der Waals surface area contributed by atoms with E-state index in [9.17, 15) is 5.11 Å². The van der Waals surface area contributed by atoms with E-state index in [1.54, 1.807) is 0 Å². The van der Waals surface area contributed by atoms with Gasteiger partial charge in [0.05, 0.1) is 18.0 Å². The van der Waals surface area contributed by atoms with Crippen molar-refractivity contribution in [2.45, 2.75) is 44.8 Å². The molecular formula is C13H20N2O2. The van der Waals surface area contributed by atoms with Crippen LogP contribution in [0.4, 0.5) is 0 Å². The molecule has 4 heteroatoms. The molecule has 0 bridgehead atoms. The van der Waals surface area contributed by atoms with E-state index in [1.807, 2.05) is 6.20 Å². The Balaban J connectivity index is 1.74. The Morgan fingerprint density at radius 1 is 1.35 bits per heavy atom. The summed E-state index contributed by atoms with van der Waals surface area (Å²) in [7, 11) is 0. The van der Waals surface area contributed by atoms with Crippen LogP contribution in [0.25, 0.3) is 0 Å². The molecule has 3 rings (SSSR count). The smallest absolute Gasteiger partial charge is 0.109 e. The molecule has 1 atom stereocenters. The first-order valence-corrected chi connectivity index (χ1v) is 6.64. The first-order chi connectivity index (χ1) is 8.34. The lowest BCUT2D eigenvalue weighted by Crippen LogP contribution is -2.21. The summed E-state index contributed by atoms with van der Waals surface area (Å²) >= 11 is 0. The molecule has 17 heavy (non-hydrogen) atoms. The molecule has 1 aromatic heterocycles. The number of rotatable bonds is 2. The van der Waals surface area contributed by atoms with Crippen LogP contribution in [0, 0.1) is 5.92 Å². The summed E-state index contributed by atoms with van der Waals surface area (Å²) in [5, 5.41) is 9.90. The average molecular weight is 236 g/mol. The molecule has 1 aromatic rings. The minimum Gasteiger partial charge on any atom is -0.387 e. The molecule has 2 aliphatic rings. The van der Waals surface area contributed by atoms with Gasteiger partial charge in [-0.2, -0.15) is 0 Å². The molecule has 0 aromatic carbocycles.